The van der Waals surface area contributed by atoms with Crippen molar-refractivity contribution in [1.82, 2.24) is 5.16 Å². The van der Waals surface area contributed by atoms with Crippen molar-refractivity contribution in [3.05, 3.63) is 72.0 Å². The van der Waals surface area contributed by atoms with Crippen molar-refractivity contribution in [3.8, 4) is 11.3 Å². The minimum Gasteiger partial charge on any atom is -0.454 e. The van der Waals surface area contributed by atoms with Gasteiger partial charge in [0.1, 0.15) is 5.69 Å². The highest BCUT2D eigenvalue weighted by molar-refractivity contribution is 5.95. The SMILES string of the molecule is O=C(OCc1cc(-c2ccccc2)no1)c1ccccc1NCCO. The first-order valence-electron chi connectivity index (χ1n) is 7.90. The maximum Gasteiger partial charge on any atom is 0.340 e. The number of ether oxygens (including phenoxy) is 1. The van der Waals surface area contributed by atoms with Gasteiger partial charge in [-0.1, -0.05) is 47.6 Å². The minimum absolute atomic E-state index is 0.00694. The molecule has 2 N–H and O–H groups in total. The summed E-state index contributed by atoms with van der Waals surface area (Å²) in [6, 6.07) is 18.3. The molecular formula is C19H18N2O4. The average molecular weight is 338 g/mol. The summed E-state index contributed by atoms with van der Waals surface area (Å²) in [4.78, 5) is 12.3. The van der Waals surface area contributed by atoms with Crippen molar-refractivity contribution < 1.29 is 19.2 Å². The number of carbonyl (C=O) groups is 1. The van der Waals surface area contributed by atoms with Gasteiger partial charge in [-0.05, 0) is 12.1 Å². The molecule has 3 aromatic rings. The van der Waals surface area contributed by atoms with Crippen LogP contribution in [0.5, 0.6) is 0 Å². The van der Waals surface area contributed by atoms with Crippen molar-refractivity contribution in [2.75, 3.05) is 18.5 Å². The van der Waals surface area contributed by atoms with Crippen LogP contribution in [0, 0.1) is 0 Å². The second-order valence-electron chi connectivity index (χ2n) is 5.32. The minimum atomic E-state index is -0.473. The van der Waals surface area contributed by atoms with E-state index in [1.807, 2.05) is 30.3 Å². The number of nitrogens with zero attached hydrogens (tertiary/aromatic N) is 1. The third kappa shape index (κ3) is 4.24. The van der Waals surface area contributed by atoms with Gasteiger partial charge in [0.15, 0.2) is 12.4 Å². The first-order chi connectivity index (χ1) is 12.3. The Hall–Kier alpha value is -3.12. The Morgan fingerprint density at radius 2 is 1.88 bits per heavy atom. The standard InChI is InChI=1S/C19H18N2O4/c22-11-10-20-17-9-5-4-8-16(17)19(23)24-13-15-12-18(21-25-15)14-6-2-1-3-7-14/h1-9,12,20,22H,10-11,13H2. The van der Waals surface area contributed by atoms with Gasteiger partial charge in [0.25, 0.3) is 0 Å². The number of benzene rings is 2. The maximum atomic E-state index is 12.3. The molecule has 6 nitrogen and oxygen atoms in total. The molecule has 0 amide bonds. The molecule has 128 valence electrons. The molecule has 25 heavy (non-hydrogen) atoms. The number of nitrogens with one attached hydrogen (secondary N) is 1. The fourth-order valence-electron chi connectivity index (χ4n) is 2.35. The summed E-state index contributed by atoms with van der Waals surface area (Å²) in [5.74, 6) is -0.00768. The molecule has 0 unspecified atom stereocenters. The van der Waals surface area contributed by atoms with Crippen LogP contribution in [-0.4, -0.2) is 29.4 Å². The molecular weight excluding hydrogens is 320 g/mol. The number of aliphatic hydroxyl groups excluding tert-OH is 1. The van der Waals surface area contributed by atoms with Gasteiger partial charge in [-0.25, -0.2) is 4.79 Å². The summed E-state index contributed by atoms with van der Waals surface area (Å²) in [5, 5.41) is 15.9. The first-order valence-corrected chi connectivity index (χ1v) is 7.90. The van der Waals surface area contributed by atoms with Crippen molar-refractivity contribution in [3.63, 3.8) is 0 Å². The molecule has 3 rings (SSSR count). The molecule has 0 bridgehead atoms. The lowest BCUT2D eigenvalue weighted by atomic mass is 10.1. The van der Waals surface area contributed by atoms with E-state index in [1.54, 1.807) is 30.3 Å². The number of hydrogen-bond acceptors (Lipinski definition) is 6. The number of hydrogen-bond donors (Lipinski definition) is 2. The molecule has 0 atom stereocenters. The van der Waals surface area contributed by atoms with E-state index in [9.17, 15) is 4.79 Å². The molecule has 2 aromatic carbocycles. The smallest absolute Gasteiger partial charge is 0.340 e. The maximum absolute atomic E-state index is 12.3. The molecule has 0 saturated heterocycles. The monoisotopic (exact) mass is 338 g/mol. The Balaban J connectivity index is 1.64. The summed E-state index contributed by atoms with van der Waals surface area (Å²) in [7, 11) is 0. The van der Waals surface area contributed by atoms with E-state index in [-0.39, 0.29) is 13.2 Å². The van der Waals surface area contributed by atoms with Gasteiger partial charge in [-0.2, -0.15) is 0 Å². The molecule has 0 aliphatic rings. The molecule has 0 saturated carbocycles. The van der Waals surface area contributed by atoms with E-state index in [1.165, 1.54) is 0 Å². The zero-order chi connectivity index (χ0) is 17.5. The Labute approximate surface area is 145 Å². The molecule has 6 heteroatoms. The van der Waals surface area contributed by atoms with Crippen molar-refractivity contribution in [2.45, 2.75) is 6.61 Å². The lowest BCUT2D eigenvalue weighted by Crippen LogP contribution is -2.12. The van der Waals surface area contributed by atoms with Gasteiger partial charge in [0.05, 0.1) is 12.2 Å². The number of para-hydroxylation sites is 1. The summed E-state index contributed by atoms with van der Waals surface area (Å²) in [6.45, 7) is 0.323. The van der Waals surface area contributed by atoms with E-state index in [0.717, 1.165) is 5.56 Å². The zero-order valence-corrected chi connectivity index (χ0v) is 13.5. The van der Waals surface area contributed by atoms with Gasteiger partial charge in [-0.15, -0.1) is 0 Å². The Kier molecular flexibility index (Phi) is 5.43. The number of anilines is 1. The predicted octanol–water partition coefficient (Wildman–Crippen LogP) is 3.10. The van der Waals surface area contributed by atoms with Crippen LogP contribution in [0.2, 0.25) is 0 Å². The highest BCUT2D eigenvalue weighted by Crippen LogP contribution is 2.20. The highest BCUT2D eigenvalue weighted by atomic mass is 16.5. The Bertz CT molecular complexity index is 830. The van der Waals surface area contributed by atoms with Crippen LogP contribution in [0.15, 0.2) is 65.2 Å². The fraction of sp³-hybridized carbons (Fsp3) is 0.158. The normalized spacial score (nSPS) is 10.4. The van der Waals surface area contributed by atoms with Crippen LogP contribution >= 0.6 is 0 Å². The predicted molar refractivity (Wildman–Crippen MR) is 93.1 cm³/mol. The molecule has 0 fully saturated rings. The molecule has 1 aromatic heterocycles. The van der Waals surface area contributed by atoms with Gasteiger partial charge >= 0.3 is 5.97 Å². The number of aliphatic hydroxyl groups is 1. The van der Waals surface area contributed by atoms with Crippen molar-refractivity contribution >= 4 is 11.7 Å². The average Bonchev–Trinajstić information content (AvgIpc) is 3.14. The highest BCUT2D eigenvalue weighted by Gasteiger charge is 2.14. The van der Waals surface area contributed by atoms with Gasteiger partial charge in [0, 0.05) is 23.9 Å². The second-order valence-corrected chi connectivity index (χ2v) is 5.32. The third-order valence-electron chi connectivity index (χ3n) is 3.55. The van der Waals surface area contributed by atoms with E-state index in [0.29, 0.717) is 29.2 Å². The molecule has 0 radical (unpaired) electrons. The number of esters is 1. The van der Waals surface area contributed by atoms with Crippen LogP contribution in [-0.2, 0) is 11.3 Å². The lowest BCUT2D eigenvalue weighted by molar-refractivity contribution is 0.0438. The van der Waals surface area contributed by atoms with Crippen molar-refractivity contribution in [1.29, 1.82) is 0 Å². The summed E-state index contributed by atoms with van der Waals surface area (Å²) >= 11 is 0. The largest absolute Gasteiger partial charge is 0.454 e. The van der Waals surface area contributed by atoms with Crippen LogP contribution in [0.1, 0.15) is 16.1 Å². The molecule has 0 spiro atoms. The number of rotatable bonds is 7. The van der Waals surface area contributed by atoms with E-state index in [4.69, 9.17) is 14.4 Å². The van der Waals surface area contributed by atoms with Crippen molar-refractivity contribution in [2.24, 2.45) is 0 Å². The number of aromatic nitrogens is 1. The van der Waals surface area contributed by atoms with Crippen LogP contribution in [0.4, 0.5) is 5.69 Å². The molecule has 1 heterocycles. The molecule has 0 aliphatic heterocycles. The fourth-order valence-corrected chi connectivity index (χ4v) is 2.35. The third-order valence-corrected chi connectivity index (χ3v) is 3.55. The van der Waals surface area contributed by atoms with Gasteiger partial charge in [0.2, 0.25) is 0 Å². The van der Waals surface area contributed by atoms with E-state index < -0.39 is 5.97 Å². The van der Waals surface area contributed by atoms with Gasteiger partial charge < -0.3 is 19.7 Å². The quantitative estimate of drug-likeness (QED) is 0.644. The van der Waals surface area contributed by atoms with Crippen LogP contribution in [0.25, 0.3) is 11.3 Å². The Morgan fingerprint density at radius 1 is 1.12 bits per heavy atom. The van der Waals surface area contributed by atoms with E-state index in [2.05, 4.69) is 10.5 Å². The van der Waals surface area contributed by atoms with Crippen LogP contribution < -0.4 is 5.32 Å². The zero-order valence-electron chi connectivity index (χ0n) is 13.5. The van der Waals surface area contributed by atoms with E-state index >= 15 is 0 Å². The lowest BCUT2D eigenvalue weighted by Gasteiger charge is -2.10. The second kappa shape index (κ2) is 8.12. The molecule has 0 aliphatic carbocycles. The first kappa shape index (κ1) is 16.7. The summed E-state index contributed by atoms with van der Waals surface area (Å²) in [5.41, 5.74) is 2.64. The summed E-state index contributed by atoms with van der Waals surface area (Å²) in [6.07, 6.45) is 0. The van der Waals surface area contributed by atoms with Crippen LogP contribution in [0.3, 0.4) is 0 Å². The number of carbonyl (C=O) groups excluding carboxylic acids is 1. The van der Waals surface area contributed by atoms with Gasteiger partial charge in [-0.3, -0.25) is 0 Å². The topological polar surface area (TPSA) is 84.6 Å². The summed E-state index contributed by atoms with van der Waals surface area (Å²) < 4.78 is 10.5. The Morgan fingerprint density at radius 3 is 2.68 bits per heavy atom.